The van der Waals surface area contributed by atoms with Crippen LogP contribution in [0.3, 0.4) is 0 Å². The van der Waals surface area contributed by atoms with E-state index in [-0.39, 0.29) is 17.5 Å². The minimum Gasteiger partial charge on any atom is -0.349 e. The van der Waals surface area contributed by atoms with Crippen LogP contribution in [0.2, 0.25) is 0 Å². The highest BCUT2D eigenvalue weighted by molar-refractivity contribution is 7.71. The van der Waals surface area contributed by atoms with Crippen LogP contribution >= 0.6 is 12.2 Å². The number of fused-ring (bicyclic) bond motifs is 1. The van der Waals surface area contributed by atoms with Gasteiger partial charge in [0.2, 0.25) is 0 Å². The number of aromatic nitrogens is 2. The van der Waals surface area contributed by atoms with Crippen LogP contribution in [-0.4, -0.2) is 46.0 Å². The van der Waals surface area contributed by atoms with E-state index < -0.39 is 0 Å². The Morgan fingerprint density at radius 1 is 1.28 bits per heavy atom. The Bertz CT molecular complexity index is 977. The minimum atomic E-state index is -0.108. The molecule has 0 radical (unpaired) electrons. The molecule has 1 fully saturated rings. The van der Waals surface area contributed by atoms with Gasteiger partial charge in [0.1, 0.15) is 0 Å². The summed E-state index contributed by atoms with van der Waals surface area (Å²) >= 11 is 5.43. The van der Waals surface area contributed by atoms with Crippen molar-refractivity contribution in [2.45, 2.75) is 59.0 Å². The van der Waals surface area contributed by atoms with E-state index in [4.69, 9.17) is 12.2 Å². The Balaban J connectivity index is 1.83. The Kier molecular flexibility index (Phi) is 7.24. The number of likely N-dealkylation sites (N-methyl/N-ethyl adjacent to an activating group) is 1. The van der Waals surface area contributed by atoms with Gasteiger partial charge in [0.15, 0.2) is 4.77 Å². The summed E-state index contributed by atoms with van der Waals surface area (Å²) in [4.78, 5) is 31.1. The SMILES string of the molecule is CCN(CC)CCn1c(=S)[nH]c2cc(C(=O)N[C@@H]3CCCC[C@@H]3C)ccc2c1=O. The van der Waals surface area contributed by atoms with Gasteiger partial charge in [-0.1, -0.05) is 33.6 Å². The lowest BCUT2D eigenvalue weighted by Crippen LogP contribution is -2.41. The standard InChI is InChI=1S/C22H32N4O2S/c1-4-25(5-2)12-13-26-21(28)17-11-10-16(14-19(17)24-22(26)29)20(27)23-18-9-7-6-8-15(18)3/h10-11,14-15,18H,4-9,12-13H2,1-3H3,(H,23,27)(H,24,29)/t15-,18+/m0/s1. The molecule has 1 aliphatic carbocycles. The van der Waals surface area contributed by atoms with E-state index in [9.17, 15) is 9.59 Å². The second-order valence-corrected chi connectivity index (χ2v) is 8.40. The summed E-state index contributed by atoms with van der Waals surface area (Å²) in [6.07, 6.45) is 4.58. The molecule has 7 heteroatoms. The van der Waals surface area contributed by atoms with Crippen molar-refractivity contribution in [1.82, 2.24) is 19.8 Å². The topological polar surface area (TPSA) is 70.1 Å². The monoisotopic (exact) mass is 416 g/mol. The number of amides is 1. The molecule has 1 saturated carbocycles. The highest BCUT2D eigenvalue weighted by Gasteiger charge is 2.23. The number of H-pyrrole nitrogens is 1. The molecule has 0 bridgehead atoms. The molecule has 1 aliphatic rings. The summed E-state index contributed by atoms with van der Waals surface area (Å²) in [5.74, 6) is 0.410. The van der Waals surface area contributed by atoms with Crippen molar-refractivity contribution < 1.29 is 4.79 Å². The van der Waals surface area contributed by atoms with Crippen molar-refractivity contribution in [3.63, 3.8) is 0 Å². The molecular weight excluding hydrogens is 384 g/mol. The van der Waals surface area contributed by atoms with E-state index >= 15 is 0 Å². The number of nitrogens with zero attached hydrogens (tertiary/aromatic N) is 2. The average molecular weight is 417 g/mol. The molecule has 3 rings (SSSR count). The minimum absolute atomic E-state index is 0.0873. The largest absolute Gasteiger partial charge is 0.349 e. The maximum Gasteiger partial charge on any atom is 0.262 e. The average Bonchev–Trinajstić information content (AvgIpc) is 2.72. The van der Waals surface area contributed by atoms with E-state index in [1.165, 1.54) is 6.42 Å². The van der Waals surface area contributed by atoms with Gasteiger partial charge in [-0.2, -0.15) is 0 Å². The van der Waals surface area contributed by atoms with Crippen LogP contribution in [0.5, 0.6) is 0 Å². The van der Waals surface area contributed by atoms with Crippen LogP contribution in [0.1, 0.15) is 56.8 Å². The fourth-order valence-corrected chi connectivity index (χ4v) is 4.45. The molecule has 1 heterocycles. The van der Waals surface area contributed by atoms with Gasteiger partial charge in [-0.3, -0.25) is 14.2 Å². The van der Waals surface area contributed by atoms with E-state index in [1.54, 1.807) is 22.8 Å². The Morgan fingerprint density at radius 3 is 2.69 bits per heavy atom. The maximum absolute atomic E-state index is 12.9. The summed E-state index contributed by atoms with van der Waals surface area (Å²) in [7, 11) is 0. The highest BCUT2D eigenvalue weighted by Crippen LogP contribution is 2.24. The summed E-state index contributed by atoms with van der Waals surface area (Å²) in [6.45, 7) is 9.61. The fourth-order valence-electron chi connectivity index (χ4n) is 4.16. The molecule has 2 aromatic rings. The normalized spacial score (nSPS) is 19.6. The Labute approximate surface area is 177 Å². The predicted molar refractivity (Wildman–Crippen MR) is 120 cm³/mol. The van der Waals surface area contributed by atoms with Gasteiger partial charge in [0, 0.05) is 24.7 Å². The Morgan fingerprint density at radius 2 is 2.00 bits per heavy atom. The number of rotatable bonds is 7. The molecule has 0 saturated heterocycles. The smallest absolute Gasteiger partial charge is 0.262 e. The quantitative estimate of drug-likeness (QED) is 0.675. The van der Waals surface area contributed by atoms with Gasteiger partial charge < -0.3 is 15.2 Å². The van der Waals surface area contributed by atoms with Crippen molar-refractivity contribution >= 4 is 29.0 Å². The second-order valence-electron chi connectivity index (χ2n) is 8.02. The fraction of sp³-hybridized carbons (Fsp3) is 0.591. The summed E-state index contributed by atoms with van der Waals surface area (Å²) < 4.78 is 2.01. The lowest BCUT2D eigenvalue weighted by atomic mass is 9.86. The summed E-state index contributed by atoms with van der Waals surface area (Å²) in [6, 6.07) is 5.43. The van der Waals surface area contributed by atoms with Gasteiger partial charge in [-0.15, -0.1) is 0 Å². The number of nitrogens with one attached hydrogen (secondary N) is 2. The first-order chi connectivity index (χ1) is 13.9. The van der Waals surface area contributed by atoms with E-state index in [2.05, 4.69) is 36.0 Å². The zero-order chi connectivity index (χ0) is 21.0. The van der Waals surface area contributed by atoms with Gasteiger partial charge in [0.05, 0.1) is 10.9 Å². The predicted octanol–water partition coefficient (Wildman–Crippen LogP) is 3.71. The number of carbonyl (C=O) groups is 1. The van der Waals surface area contributed by atoms with Crippen LogP contribution in [0.4, 0.5) is 0 Å². The molecule has 2 atom stereocenters. The van der Waals surface area contributed by atoms with Crippen molar-refractivity contribution in [3.05, 3.63) is 38.9 Å². The lowest BCUT2D eigenvalue weighted by Gasteiger charge is -2.29. The number of hydrogen-bond acceptors (Lipinski definition) is 4. The second kappa shape index (κ2) is 9.67. The maximum atomic E-state index is 12.9. The molecule has 2 N–H and O–H groups in total. The molecule has 1 amide bonds. The van der Waals surface area contributed by atoms with Crippen LogP contribution in [0.15, 0.2) is 23.0 Å². The molecule has 0 unspecified atom stereocenters. The molecule has 6 nitrogen and oxygen atoms in total. The number of carbonyl (C=O) groups excluding carboxylic acids is 1. The molecule has 0 aliphatic heterocycles. The first-order valence-corrected chi connectivity index (χ1v) is 11.2. The lowest BCUT2D eigenvalue weighted by molar-refractivity contribution is 0.0910. The number of hydrogen-bond donors (Lipinski definition) is 2. The summed E-state index contributed by atoms with van der Waals surface area (Å²) in [5.41, 5.74) is 1.06. The zero-order valence-electron chi connectivity index (χ0n) is 17.7. The highest BCUT2D eigenvalue weighted by atomic mass is 32.1. The van der Waals surface area contributed by atoms with Gasteiger partial charge in [0.25, 0.3) is 11.5 Å². The third kappa shape index (κ3) is 4.95. The van der Waals surface area contributed by atoms with Crippen LogP contribution < -0.4 is 10.9 Å². The Hall–Kier alpha value is -1.99. The zero-order valence-corrected chi connectivity index (χ0v) is 18.5. The molecule has 158 valence electrons. The molecule has 1 aromatic heterocycles. The number of benzene rings is 1. The van der Waals surface area contributed by atoms with Crippen LogP contribution in [-0.2, 0) is 6.54 Å². The molecular formula is C22H32N4O2S. The van der Waals surface area contributed by atoms with E-state index in [0.717, 1.165) is 38.9 Å². The first-order valence-electron chi connectivity index (χ1n) is 10.7. The van der Waals surface area contributed by atoms with Crippen molar-refractivity contribution in [1.29, 1.82) is 0 Å². The third-order valence-electron chi connectivity index (χ3n) is 6.21. The van der Waals surface area contributed by atoms with Gasteiger partial charge in [-0.25, -0.2) is 0 Å². The van der Waals surface area contributed by atoms with Gasteiger partial charge >= 0.3 is 0 Å². The van der Waals surface area contributed by atoms with Gasteiger partial charge in [-0.05, 0) is 62.3 Å². The van der Waals surface area contributed by atoms with Crippen LogP contribution in [0, 0.1) is 10.7 Å². The van der Waals surface area contributed by atoms with E-state index in [0.29, 0.717) is 33.7 Å². The van der Waals surface area contributed by atoms with Crippen LogP contribution in [0.25, 0.3) is 10.9 Å². The van der Waals surface area contributed by atoms with Crippen molar-refractivity contribution in [2.24, 2.45) is 5.92 Å². The molecule has 29 heavy (non-hydrogen) atoms. The first kappa shape index (κ1) is 21.7. The van der Waals surface area contributed by atoms with Crippen molar-refractivity contribution in [2.75, 3.05) is 19.6 Å². The third-order valence-corrected chi connectivity index (χ3v) is 6.53. The summed E-state index contributed by atoms with van der Waals surface area (Å²) in [5, 5.41) is 3.72. The van der Waals surface area contributed by atoms with E-state index in [1.807, 2.05) is 0 Å². The number of aromatic amines is 1. The molecule has 1 aromatic carbocycles. The molecule has 0 spiro atoms. The van der Waals surface area contributed by atoms with Crippen molar-refractivity contribution in [3.8, 4) is 0 Å².